The van der Waals surface area contributed by atoms with Crippen molar-refractivity contribution in [2.24, 2.45) is 0 Å². The minimum Gasteiger partial charge on any atom is -0.457 e. The van der Waals surface area contributed by atoms with Crippen LogP contribution in [0, 0.1) is 0 Å². The zero-order valence-corrected chi connectivity index (χ0v) is 20.8. The first-order chi connectivity index (χ1) is 16.7. The number of nitrogens with zero attached hydrogens (tertiary/aromatic N) is 1. The lowest BCUT2D eigenvalue weighted by atomic mass is 10.2. The van der Waals surface area contributed by atoms with Crippen LogP contribution in [0.3, 0.4) is 0 Å². The Morgan fingerprint density at radius 2 is 1.62 bits per heavy atom. The van der Waals surface area contributed by atoms with Crippen LogP contribution in [0.5, 0.6) is 17.2 Å². The fourth-order valence-corrected chi connectivity index (χ4v) is 3.75. The van der Waals surface area contributed by atoms with Gasteiger partial charge in [0.05, 0.1) is 19.2 Å². The molecular formula is C25H34BN2O5P. The van der Waals surface area contributed by atoms with E-state index in [1.165, 1.54) is 0 Å². The van der Waals surface area contributed by atoms with Gasteiger partial charge in [-0.15, -0.1) is 9.24 Å². The van der Waals surface area contributed by atoms with Crippen molar-refractivity contribution in [3.05, 3.63) is 60.8 Å². The van der Waals surface area contributed by atoms with Gasteiger partial charge in [-0.1, -0.05) is 18.7 Å². The van der Waals surface area contributed by atoms with E-state index in [2.05, 4.69) is 26.2 Å². The molecule has 0 aromatic heterocycles. The minimum atomic E-state index is -0.0172. The summed E-state index contributed by atoms with van der Waals surface area (Å²) < 4.78 is 22.3. The number of hydroxylamine groups is 1. The molecule has 0 spiro atoms. The van der Waals surface area contributed by atoms with Crippen molar-refractivity contribution in [2.75, 3.05) is 46.1 Å². The summed E-state index contributed by atoms with van der Waals surface area (Å²) in [7, 11) is 8.05. The lowest BCUT2D eigenvalue weighted by molar-refractivity contribution is 0.0276. The van der Waals surface area contributed by atoms with E-state index in [4.69, 9.17) is 31.8 Å². The third kappa shape index (κ3) is 9.28. The van der Waals surface area contributed by atoms with E-state index in [9.17, 15) is 0 Å². The van der Waals surface area contributed by atoms with Gasteiger partial charge < -0.3 is 28.6 Å². The molecule has 1 N–H and O–H groups in total. The van der Waals surface area contributed by atoms with Crippen molar-refractivity contribution in [3.63, 3.8) is 0 Å². The van der Waals surface area contributed by atoms with Crippen LogP contribution < -0.4 is 20.4 Å². The van der Waals surface area contributed by atoms with Crippen molar-refractivity contribution >= 4 is 22.6 Å². The first-order valence-electron chi connectivity index (χ1n) is 11.6. The molecule has 0 saturated carbocycles. The predicted molar refractivity (Wildman–Crippen MR) is 138 cm³/mol. The molecule has 2 aromatic carbocycles. The van der Waals surface area contributed by atoms with Gasteiger partial charge >= 0.3 is 0 Å². The van der Waals surface area contributed by atoms with Gasteiger partial charge in [-0.25, -0.2) is 0 Å². The van der Waals surface area contributed by atoms with Gasteiger partial charge in [-0.3, -0.25) is 0 Å². The second kappa shape index (κ2) is 15.0. The van der Waals surface area contributed by atoms with Crippen LogP contribution >= 0.6 is 9.24 Å². The van der Waals surface area contributed by atoms with Crippen LogP contribution in [-0.4, -0.2) is 65.1 Å². The molecule has 9 heteroatoms. The number of ether oxygens (including phenoxy) is 3. The van der Waals surface area contributed by atoms with Crippen molar-refractivity contribution in [1.29, 1.82) is 0 Å². The molecule has 1 heterocycles. The Bertz CT molecular complexity index is 853. The van der Waals surface area contributed by atoms with Crippen LogP contribution in [0.15, 0.2) is 60.8 Å². The van der Waals surface area contributed by atoms with Gasteiger partial charge in [0.2, 0.25) is 0 Å². The molecule has 1 aliphatic heterocycles. The summed E-state index contributed by atoms with van der Waals surface area (Å²) in [5, 5.41) is 1.11. The van der Waals surface area contributed by atoms with E-state index in [0.29, 0.717) is 32.1 Å². The molecular weight excluding hydrogens is 450 g/mol. The van der Waals surface area contributed by atoms with Crippen molar-refractivity contribution in [3.8, 4) is 17.2 Å². The number of hydrogen-bond donors (Lipinski definition) is 1. The first-order valence-corrected chi connectivity index (χ1v) is 12.2. The van der Waals surface area contributed by atoms with Crippen molar-refractivity contribution < 1.29 is 23.7 Å². The number of benzene rings is 2. The molecule has 1 fully saturated rings. The lowest BCUT2D eigenvalue weighted by Crippen LogP contribution is -2.44. The lowest BCUT2D eigenvalue weighted by Gasteiger charge is -2.35. The van der Waals surface area contributed by atoms with E-state index in [1.807, 2.05) is 48.5 Å². The maximum Gasteiger partial charge on any atom is 0.282 e. The molecule has 0 bridgehead atoms. The van der Waals surface area contributed by atoms with E-state index in [-0.39, 0.29) is 6.04 Å². The normalized spacial score (nSPS) is 17.9. The molecule has 7 nitrogen and oxygen atoms in total. The summed E-state index contributed by atoms with van der Waals surface area (Å²) in [4.78, 5) is 7.90. The third-order valence-electron chi connectivity index (χ3n) is 5.37. The van der Waals surface area contributed by atoms with Gasteiger partial charge in [-0.2, -0.15) is 5.48 Å². The first kappa shape index (κ1) is 26.5. The van der Waals surface area contributed by atoms with E-state index < -0.39 is 0 Å². The molecule has 182 valence electrons. The van der Waals surface area contributed by atoms with E-state index in [1.54, 1.807) is 0 Å². The van der Waals surface area contributed by atoms with Gasteiger partial charge in [0, 0.05) is 38.7 Å². The summed E-state index contributed by atoms with van der Waals surface area (Å²) in [5.74, 6) is 2.20. The second-order valence-corrected chi connectivity index (χ2v) is 8.73. The summed E-state index contributed by atoms with van der Waals surface area (Å²) in [5.41, 5.74) is 3.88. The molecule has 2 aromatic rings. The topological polar surface area (TPSA) is 61.4 Å². The average Bonchev–Trinajstić information content (AvgIpc) is 2.83. The van der Waals surface area contributed by atoms with Crippen molar-refractivity contribution in [2.45, 2.75) is 25.3 Å². The Labute approximate surface area is 206 Å². The van der Waals surface area contributed by atoms with E-state index in [0.717, 1.165) is 61.5 Å². The molecule has 1 aliphatic rings. The van der Waals surface area contributed by atoms with Crippen LogP contribution in [0.4, 0.5) is 0 Å². The minimum absolute atomic E-state index is 0.0172. The second-order valence-electron chi connectivity index (χ2n) is 8.06. The fourth-order valence-electron chi connectivity index (χ4n) is 3.56. The van der Waals surface area contributed by atoms with Crippen LogP contribution in [-0.2, 0) is 14.1 Å². The Balaban J connectivity index is 1.49. The highest BCUT2D eigenvalue weighted by molar-refractivity contribution is 7.27. The quantitative estimate of drug-likeness (QED) is 0.333. The van der Waals surface area contributed by atoms with Gasteiger partial charge in [0.1, 0.15) is 17.2 Å². The number of hydrogen-bond acceptors (Lipinski definition) is 7. The largest absolute Gasteiger partial charge is 0.457 e. The third-order valence-corrected chi connectivity index (χ3v) is 5.75. The van der Waals surface area contributed by atoms with Gasteiger partial charge in [-0.05, 0) is 61.0 Å². The van der Waals surface area contributed by atoms with Crippen LogP contribution in [0.1, 0.15) is 19.3 Å². The summed E-state index contributed by atoms with van der Waals surface area (Å²) in [6, 6.07) is 15.2. The number of rotatable bonds is 9. The Kier molecular flexibility index (Phi) is 11.7. The molecule has 0 aliphatic carbocycles. The molecule has 1 saturated heterocycles. The van der Waals surface area contributed by atoms with Crippen LogP contribution in [0.2, 0.25) is 0 Å². The fraction of sp³-hybridized carbons (Fsp3) is 0.440. The number of nitrogens with one attached hydrogen (secondary N) is 1. The molecule has 0 amide bonds. The standard InChI is InChI=1S/C25H34BN2O5P/c1-20(28-13-2-3-14-29-15-4-16-30-18-21(28)19-31-26)17-27-33-24-7-5-22(6-8-24)32-23-9-11-25(34)12-10-23/h5-12,21,27H,1-4,13-19,34H2/t21-/m0/s1. The smallest absolute Gasteiger partial charge is 0.282 e. The van der Waals surface area contributed by atoms with Gasteiger partial charge in [0.25, 0.3) is 8.05 Å². The summed E-state index contributed by atoms with van der Waals surface area (Å²) >= 11 is 0. The SMILES string of the molecule is [B]OC[C@@H]1COCCCOCCCCN1C(=C)CNOc1ccc(Oc2ccc(P)cc2)cc1. The molecule has 1 unspecified atom stereocenters. The van der Waals surface area contributed by atoms with Crippen LogP contribution in [0.25, 0.3) is 0 Å². The Morgan fingerprint density at radius 1 is 0.971 bits per heavy atom. The molecule has 34 heavy (non-hydrogen) atoms. The monoisotopic (exact) mass is 484 g/mol. The Morgan fingerprint density at radius 3 is 2.35 bits per heavy atom. The molecule has 3 rings (SSSR count). The van der Waals surface area contributed by atoms with E-state index >= 15 is 0 Å². The molecule has 2 radical (unpaired) electrons. The zero-order valence-electron chi connectivity index (χ0n) is 19.6. The van der Waals surface area contributed by atoms with Gasteiger partial charge in [0.15, 0.2) is 0 Å². The Hall–Kier alpha value is -2.09. The maximum atomic E-state index is 5.85. The summed E-state index contributed by atoms with van der Waals surface area (Å²) in [6.07, 6.45) is 2.84. The maximum absolute atomic E-state index is 5.85. The highest BCUT2D eigenvalue weighted by Gasteiger charge is 2.20. The predicted octanol–water partition coefficient (Wildman–Crippen LogP) is 3.36. The zero-order chi connectivity index (χ0) is 24.0. The highest BCUT2D eigenvalue weighted by atomic mass is 31.0. The summed E-state index contributed by atoms with van der Waals surface area (Å²) in [6.45, 7) is 8.51. The van der Waals surface area contributed by atoms with Crippen molar-refractivity contribution in [1.82, 2.24) is 10.4 Å². The molecule has 2 atom stereocenters. The average molecular weight is 484 g/mol. The highest BCUT2D eigenvalue weighted by Crippen LogP contribution is 2.23.